The molecule has 1 aromatic heterocycles. The van der Waals surface area contributed by atoms with Gasteiger partial charge in [0.25, 0.3) is 0 Å². The molecule has 0 atom stereocenters. The molecule has 0 saturated carbocycles. The monoisotopic (exact) mass is 410 g/mol. The number of nitrogens with zero attached hydrogens (tertiary/aromatic N) is 2. The lowest BCUT2D eigenvalue weighted by molar-refractivity contribution is 0.350. The highest BCUT2D eigenvalue weighted by Crippen LogP contribution is 2.30. The molecular weight excluding hydrogens is 399 g/mol. The summed E-state index contributed by atoms with van der Waals surface area (Å²) in [4.78, 5) is 5.10. The van der Waals surface area contributed by atoms with Gasteiger partial charge in [0.05, 0.1) is 17.5 Å². The first-order chi connectivity index (χ1) is 12.1. The van der Waals surface area contributed by atoms with Crippen LogP contribution in [0.15, 0.2) is 66.1 Å². The molecule has 0 aliphatic rings. The average Bonchev–Trinajstić information content (AvgIpc) is 3.09. The van der Waals surface area contributed by atoms with Crippen molar-refractivity contribution in [2.24, 2.45) is 0 Å². The lowest BCUT2D eigenvalue weighted by Crippen LogP contribution is -1.96. The zero-order valence-corrected chi connectivity index (χ0v) is 16.0. The van der Waals surface area contributed by atoms with E-state index in [0.717, 1.165) is 10.5 Å². The molecule has 0 aliphatic heterocycles. The third-order valence-corrected chi connectivity index (χ3v) is 4.88. The Morgan fingerprint density at radius 2 is 1.84 bits per heavy atom. The Labute approximate surface area is 165 Å². The van der Waals surface area contributed by atoms with E-state index in [4.69, 9.17) is 39.5 Å². The summed E-state index contributed by atoms with van der Waals surface area (Å²) in [5, 5.41) is 1.81. The van der Waals surface area contributed by atoms with Gasteiger partial charge in [-0.3, -0.25) is 0 Å². The molecule has 0 unspecified atom stereocenters. The number of hydrogen-bond acceptors (Lipinski definition) is 3. The van der Waals surface area contributed by atoms with Crippen LogP contribution >= 0.6 is 46.6 Å². The summed E-state index contributed by atoms with van der Waals surface area (Å²) in [6, 6.07) is 12.9. The highest BCUT2D eigenvalue weighted by molar-refractivity contribution is 7.99. The average molecular weight is 412 g/mol. The fourth-order valence-corrected chi connectivity index (χ4v) is 3.32. The molecule has 3 aromatic rings. The van der Waals surface area contributed by atoms with Crippen LogP contribution in [0.2, 0.25) is 15.1 Å². The molecule has 2 aromatic carbocycles. The van der Waals surface area contributed by atoms with Crippen molar-refractivity contribution in [3.63, 3.8) is 0 Å². The summed E-state index contributed by atoms with van der Waals surface area (Å²) in [6.45, 7) is 0. The van der Waals surface area contributed by atoms with Gasteiger partial charge in [0.1, 0.15) is 11.7 Å². The molecule has 0 amide bonds. The van der Waals surface area contributed by atoms with E-state index in [9.17, 15) is 0 Å². The van der Waals surface area contributed by atoms with Crippen LogP contribution in [-0.2, 0) is 4.74 Å². The molecule has 0 saturated heterocycles. The van der Waals surface area contributed by atoms with Gasteiger partial charge in [-0.15, -0.1) is 0 Å². The molecule has 0 fully saturated rings. The summed E-state index contributed by atoms with van der Waals surface area (Å²) < 4.78 is 7.77. The molecule has 3 nitrogen and oxygen atoms in total. The smallest absolute Gasteiger partial charge is 0.145 e. The van der Waals surface area contributed by atoms with Crippen LogP contribution in [0.5, 0.6) is 0 Å². The minimum absolute atomic E-state index is 0.418. The van der Waals surface area contributed by atoms with Crippen molar-refractivity contribution in [1.82, 2.24) is 9.55 Å². The Bertz CT molecular complexity index is 865. The van der Waals surface area contributed by atoms with Crippen LogP contribution in [-0.4, -0.2) is 15.5 Å². The highest BCUT2D eigenvalue weighted by Gasteiger charge is 2.10. The molecule has 25 heavy (non-hydrogen) atoms. The van der Waals surface area contributed by atoms with E-state index in [2.05, 4.69) is 4.98 Å². The molecule has 0 bridgehead atoms. The molecule has 128 valence electrons. The van der Waals surface area contributed by atoms with Gasteiger partial charge >= 0.3 is 0 Å². The Balaban J connectivity index is 1.78. The number of rotatable bonds is 6. The summed E-state index contributed by atoms with van der Waals surface area (Å²) in [5.41, 5.74) is 0.761. The Hall–Kier alpha value is -1.59. The van der Waals surface area contributed by atoms with Gasteiger partial charge in [-0.05, 0) is 42.5 Å². The van der Waals surface area contributed by atoms with Crippen molar-refractivity contribution < 1.29 is 4.74 Å². The topological polar surface area (TPSA) is 27.1 Å². The van der Waals surface area contributed by atoms with E-state index >= 15 is 0 Å². The third kappa shape index (κ3) is 5.19. The molecule has 0 aliphatic carbocycles. The molecular formula is C18H13Cl3N2OS. The number of thioether (sulfide) groups is 1. The van der Waals surface area contributed by atoms with Crippen LogP contribution in [0.3, 0.4) is 0 Å². The maximum atomic E-state index is 6.33. The quantitative estimate of drug-likeness (QED) is 0.261. The molecule has 3 rings (SSSR count). The normalized spacial score (nSPS) is 11.6. The molecule has 1 heterocycles. The fraction of sp³-hybridized carbons (Fsp3) is 0.0556. The predicted octanol–water partition coefficient (Wildman–Crippen LogP) is 6.57. The maximum absolute atomic E-state index is 6.33. The van der Waals surface area contributed by atoms with E-state index in [1.54, 1.807) is 41.0 Å². The van der Waals surface area contributed by atoms with Crippen LogP contribution in [0.1, 0.15) is 5.56 Å². The van der Waals surface area contributed by atoms with E-state index < -0.39 is 0 Å². The first-order valence-electron chi connectivity index (χ1n) is 7.27. The first kappa shape index (κ1) is 18.2. The zero-order valence-electron chi connectivity index (χ0n) is 12.9. The van der Waals surface area contributed by atoms with Gasteiger partial charge in [-0.25, -0.2) is 4.98 Å². The number of ether oxygens (including phenoxy) is 1. The van der Waals surface area contributed by atoms with Crippen molar-refractivity contribution in [3.05, 3.63) is 81.8 Å². The van der Waals surface area contributed by atoms with Crippen molar-refractivity contribution in [1.29, 1.82) is 0 Å². The standard InChI is InChI=1S/C18H13Cl3N2OS/c19-13-1-4-15(5-2-13)25-12-24-18(10-23-8-7-22-11-23)16-6-3-14(20)9-17(16)21/h1-11H,12H2/b18-10+. The van der Waals surface area contributed by atoms with Crippen molar-refractivity contribution in [2.45, 2.75) is 4.90 Å². The largest absolute Gasteiger partial charge is 0.480 e. The van der Waals surface area contributed by atoms with Crippen molar-refractivity contribution >= 4 is 58.5 Å². The van der Waals surface area contributed by atoms with E-state index in [1.165, 1.54) is 0 Å². The Morgan fingerprint density at radius 3 is 2.52 bits per heavy atom. The van der Waals surface area contributed by atoms with Gasteiger partial charge < -0.3 is 9.30 Å². The van der Waals surface area contributed by atoms with Crippen LogP contribution < -0.4 is 0 Å². The van der Waals surface area contributed by atoms with Gasteiger partial charge in [0.15, 0.2) is 0 Å². The lowest BCUT2D eigenvalue weighted by Gasteiger charge is -2.13. The van der Waals surface area contributed by atoms with E-state index in [1.807, 2.05) is 42.7 Å². The third-order valence-electron chi connectivity index (χ3n) is 3.24. The van der Waals surface area contributed by atoms with E-state index in [-0.39, 0.29) is 0 Å². The SMILES string of the molecule is Clc1ccc(SCO/C(=C/n2ccnc2)c2ccc(Cl)cc2Cl)cc1. The predicted molar refractivity (Wildman–Crippen MR) is 106 cm³/mol. The second kappa shape index (κ2) is 8.68. The summed E-state index contributed by atoms with van der Waals surface area (Å²) in [7, 11) is 0. The lowest BCUT2D eigenvalue weighted by atomic mass is 10.2. The van der Waals surface area contributed by atoms with E-state index in [0.29, 0.717) is 26.8 Å². The van der Waals surface area contributed by atoms with Gasteiger partial charge in [-0.2, -0.15) is 0 Å². The molecule has 0 radical (unpaired) electrons. The van der Waals surface area contributed by atoms with Gasteiger partial charge in [0.2, 0.25) is 0 Å². The zero-order chi connectivity index (χ0) is 17.6. The minimum Gasteiger partial charge on any atom is -0.480 e. The molecule has 7 heteroatoms. The van der Waals surface area contributed by atoms with Crippen LogP contribution in [0.25, 0.3) is 12.0 Å². The number of hydrogen-bond donors (Lipinski definition) is 0. The molecule has 0 N–H and O–H groups in total. The number of benzene rings is 2. The Kier molecular flexibility index (Phi) is 6.32. The number of imidazole rings is 1. The van der Waals surface area contributed by atoms with Crippen molar-refractivity contribution in [2.75, 3.05) is 5.94 Å². The molecule has 0 spiro atoms. The second-order valence-corrected chi connectivity index (χ2v) is 7.26. The summed E-state index contributed by atoms with van der Waals surface area (Å²) in [5.74, 6) is 1.04. The summed E-state index contributed by atoms with van der Waals surface area (Å²) in [6.07, 6.45) is 7.02. The number of halogens is 3. The maximum Gasteiger partial charge on any atom is 0.145 e. The first-order valence-corrected chi connectivity index (χ1v) is 9.39. The minimum atomic E-state index is 0.418. The van der Waals surface area contributed by atoms with Crippen molar-refractivity contribution in [3.8, 4) is 0 Å². The second-order valence-electron chi connectivity index (χ2n) is 4.99. The van der Waals surface area contributed by atoms with Crippen LogP contribution in [0, 0.1) is 0 Å². The Morgan fingerprint density at radius 1 is 1.08 bits per heavy atom. The number of aromatic nitrogens is 2. The van der Waals surface area contributed by atoms with Gasteiger partial charge in [0, 0.05) is 32.9 Å². The van der Waals surface area contributed by atoms with Gasteiger partial charge in [-0.1, -0.05) is 46.6 Å². The fourth-order valence-electron chi connectivity index (χ4n) is 2.05. The highest BCUT2D eigenvalue weighted by atomic mass is 35.5. The summed E-state index contributed by atoms with van der Waals surface area (Å²) >= 11 is 19.8. The van der Waals surface area contributed by atoms with Crippen LogP contribution in [0.4, 0.5) is 0 Å².